The van der Waals surface area contributed by atoms with Gasteiger partial charge >= 0.3 is 0 Å². The molecule has 1 amide bonds. The van der Waals surface area contributed by atoms with E-state index in [0.29, 0.717) is 10.6 Å². The van der Waals surface area contributed by atoms with Gasteiger partial charge in [-0.3, -0.25) is 4.79 Å². The van der Waals surface area contributed by atoms with Crippen LogP contribution >= 0.6 is 11.8 Å². The van der Waals surface area contributed by atoms with E-state index in [1.54, 1.807) is 32.2 Å². The van der Waals surface area contributed by atoms with Gasteiger partial charge in [-0.05, 0) is 31.2 Å². The van der Waals surface area contributed by atoms with Crippen molar-refractivity contribution < 1.29 is 13.9 Å². The van der Waals surface area contributed by atoms with Crippen LogP contribution in [0.2, 0.25) is 0 Å². The van der Waals surface area contributed by atoms with E-state index in [9.17, 15) is 9.18 Å². The van der Waals surface area contributed by atoms with Gasteiger partial charge in [0.15, 0.2) is 0 Å². The first-order valence-corrected chi connectivity index (χ1v) is 7.93. The molecule has 0 aliphatic heterocycles. The smallest absolute Gasteiger partial charge is 0.250 e. The summed E-state index contributed by atoms with van der Waals surface area (Å²) < 4.78 is 18.6. The Morgan fingerprint density at radius 2 is 2.04 bits per heavy atom. The van der Waals surface area contributed by atoms with Crippen LogP contribution in [0.15, 0.2) is 58.5 Å². The quantitative estimate of drug-likeness (QED) is 0.501. The molecule has 0 atom stereocenters. The first-order chi connectivity index (χ1) is 11.1. The summed E-state index contributed by atoms with van der Waals surface area (Å²) >= 11 is 1.13. The van der Waals surface area contributed by atoms with Crippen LogP contribution in [0, 0.1) is 5.82 Å². The molecule has 0 heterocycles. The van der Waals surface area contributed by atoms with E-state index < -0.39 is 0 Å². The Balaban J connectivity index is 1.91. The second kappa shape index (κ2) is 8.33. The predicted octanol–water partition coefficient (Wildman–Crippen LogP) is 3.47. The number of ether oxygens (including phenoxy) is 1. The van der Waals surface area contributed by atoms with Gasteiger partial charge in [-0.2, -0.15) is 5.10 Å². The van der Waals surface area contributed by atoms with Gasteiger partial charge in [-0.25, -0.2) is 9.82 Å². The lowest BCUT2D eigenvalue weighted by molar-refractivity contribution is -0.118. The minimum Gasteiger partial charge on any atom is -0.497 e. The second-order valence-electron chi connectivity index (χ2n) is 4.68. The van der Waals surface area contributed by atoms with E-state index in [-0.39, 0.29) is 17.5 Å². The number of thioether (sulfide) groups is 1. The highest BCUT2D eigenvalue weighted by molar-refractivity contribution is 8.00. The number of methoxy groups -OCH3 is 1. The fourth-order valence-corrected chi connectivity index (χ4v) is 2.53. The number of carbonyl (C=O) groups excluding carboxylic acids is 1. The highest BCUT2D eigenvalue weighted by Crippen LogP contribution is 2.20. The summed E-state index contributed by atoms with van der Waals surface area (Å²) in [6.07, 6.45) is 0. The van der Waals surface area contributed by atoms with Crippen molar-refractivity contribution in [3.63, 3.8) is 0 Å². The molecule has 2 rings (SSSR count). The zero-order chi connectivity index (χ0) is 16.7. The molecule has 0 bridgehead atoms. The van der Waals surface area contributed by atoms with Crippen molar-refractivity contribution >= 4 is 23.4 Å². The van der Waals surface area contributed by atoms with Crippen LogP contribution in [0.3, 0.4) is 0 Å². The number of benzene rings is 2. The van der Waals surface area contributed by atoms with Crippen molar-refractivity contribution in [3.05, 3.63) is 59.9 Å². The van der Waals surface area contributed by atoms with Gasteiger partial charge in [-0.15, -0.1) is 11.8 Å². The summed E-state index contributed by atoms with van der Waals surface area (Å²) in [5.41, 5.74) is 3.99. The minimum atomic E-state index is -0.332. The molecule has 0 aliphatic rings. The second-order valence-corrected chi connectivity index (χ2v) is 5.70. The van der Waals surface area contributed by atoms with Gasteiger partial charge < -0.3 is 4.74 Å². The van der Waals surface area contributed by atoms with Crippen molar-refractivity contribution in [1.29, 1.82) is 0 Å². The van der Waals surface area contributed by atoms with E-state index in [0.717, 1.165) is 23.1 Å². The molecule has 0 saturated carbocycles. The zero-order valence-electron chi connectivity index (χ0n) is 12.9. The zero-order valence-corrected chi connectivity index (χ0v) is 13.7. The molecule has 2 aromatic rings. The van der Waals surface area contributed by atoms with E-state index in [1.807, 2.05) is 24.3 Å². The third kappa shape index (κ3) is 5.10. The van der Waals surface area contributed by atoms with Gasteiger partial charge in [0, 0.05) is 10.5 Å². The minimum absolute atomic E-state index is 0.0931. The summed E-state index contributed by atoms with van der Waals surface area (Å²) in [6.45, 7) is 1.79. The first-order valence-electron chi connectivity index (χ1n) is 6.95. The lowest BCUT2D eigenvalue weighted by Gasteiger charge is -2.05. The monoisotopic (exact) mass is 332 g/mol. The third-order valence-electron chi connectivity index (χ3n) is 3.03. The molecule has 2 aromatic carbocycles. The third-order valence-corrected chi connectivity index (χ3v) is 4.08. The van der Waals surface area contributed by atoms with Crippen LogP contribution in [-0.2, 0) is 4.79 Å². The maximum Gasteiger partial charge on any atom is 0.250 e. The van der Waals surface area contributed by atoms with Crippen LogP contribution in [0.5, 0.6) is 5.75 Å². The number of nitrogens with one attached hydrogen (secondary N) is 1. The van der Waals surface area contributed by atoms with E-state index in [1.165, 1.54) is 6.07 Å². The van der Waals surface area contributed by atoms with Crippen LogP contribution in [-0.4, -0.2) is 24.5 Å². The van der Waals surface area contributed by atoms with Gasteiger partial charge in [0.05, 0.1) is 18.6 Å². The summed E-state index contributed by atoms with van der Waals surface area (Å²) in [5, 5.41) is 4.06. The fraction of sp³-hybridized carbons (Fsp3) is 0.176. The van der Waals surface area contributed by atoms with Gasteiger partial charge in [-0.1, -0.05) is 24.3 Å². The molecule has 0 aliphatic carbocycles. The average molecular weight is 332 g/mol. The molecule has 0 saturated heterocycles. The molecular weight excluding hydrogens is 315 g/mol. The highest BCUT2D eigenvalue weighted by atomic mass is 32.2. The maximum atomic E-state index is 13.5. The molecule has 0 fully saturated rings. The van der Waals surface area contributed by atoms with Crippen molar-refractivity contribution in [2.24, 2.45) is 5.10 Å². The van der Waals surface area contributed by atoms with Crippen molar-refractivity contribution in [2.45, 2.75) is 11.8 Å². The Labute approximate surface area is 138 Å². The number of halogens is 1. The van der Waals surface area contributed by atoms with Crippen LogP contribution in [0.4, 0.5) is 4.39 Å². The SMILES string of the molecule is COc1cccc(/C(C)=N\NC(=O)CSc2ccccc2F)c1. The van der Waals surface area contributed by atoms with Crippen LogP contribution in [0.1, 0.15) is 12.5 Å². The normalized spacial score (nSPS) is 11.2. The van der Waals surface area contributed by atoms with Gasteiger partial charge in [0.25, 0.3) is 0 Å². The first kappa shape index (κ1) is 17.0. The predicted molar refractivity (Wildman–Crippen MR) is 90.5 cm³/mol. The summed E-state index contributed by atoms with van der Waals surface area (Å²) in [7, 11) is 1.59. The number of hydrogen-bond acceptors (Lipinski definition) is 4. The number of amides is 1. The summed E-state index contributed by atoms with van der Waals surface area (Å²) in [6, 6.07) is 13.7. The largest absolute Gasteiger partial charge is 0.497 e. The van der Waals surface area contributed by atoms with Crippen molar-refractivity contribution in [2.75, 3.05) is 12.9 Å². The Bertz CT molecular complexity index is 719. The Kier molecular flexibility index (Phi) is 6.17. The summed E-state index contributed by atoms with van der Waals surface area (Å²) in [5.74, 6) is 0.191. The summed E-state index contributed by atoms with van der Waals surface area (Å²) in [4.78, 5) is 12.2. The molecule has 120 valence electrons. The molecule has 1 N–H and O–H groups in total. The lowest BCUT2D eigenvalue weighted by Crippen LogP contribution is -2.21. The Morgan fingerprint density at radius 1 is 1.26 bits per heavy atom. The highest BCUT2D eigenvalue weighted by Gasteiger charge is 2.06. The van der Waals surface area contributed by atoms with Crippen molar-refractivity contribution in [1.82, 2.24) is 5.43 Å². The standard InChI is InChI=1S/C17H17FN2O2S/c1-12(13-6-5-7-14(10-13)22-2)19-20-17(21)11-23-16-9-4-3-8-15(16)18/h3-10H,11H2,1-2H3,(H,20,21)/b19-12-. The van der Waals surface area contributed by atoms with E-state index >= 15 is 0 Å². The molecule has 0 spiro atoms. The fourth-order valence-electron chi connectivity index (χ4n) is 1.80. The lowest BCUT2D eigenvalue weighted by atomic mass is 10.1. The van der Waals surface area contributed by atoms with E-state index in [2.05, 4.69) is 10.5 Å². The van der Waals surface area contributed by atoms with E-state index in [4.69, 9.17) is 4.74 Å². The van der Waals surface area contributed by atoms with Crippen LogP contribution < -0.4 is 10.2 Å². The topological polar surface area (TPSA) is 50.7 Å². The average Bonchev–Trinajstić information content (AvgIpc) is 2.59. The van der Waals surface area contributed by atoms with Gasteiger partial charge in [0.1, 0.15) is 11.6 Å². The molecule has 4 nitrogen and oxygen atoms in total. The number of hydrogen-bond donors (Lipinski definition) is 1. The number of carbonyl (C=O) groups is 1. The molecule has 0 unspecified atom stereocenters. The molecular formula is C17H17FN2O2S. The maximum absolute atomic E-state index is 13.5. The Morgan fingerprint density at radius 3 is 2.78 bits per heavy atom. The van der Waals surface area contributed by atoms with Crippen molar-refractivity contribution in [3.8, 4) is 5.75 Å². The number of hydrazone groups is 1. The number of nitrogens with zero attached hydrogens (tertiary/aromatic N) is 1. The molecule has 23 heavy (non-hydrogen) atoms. The van der Waals surface area contributed by atoms with Gasteiger partial charge in [0.2, 0.25) is 5.91 Å². The molecule has 0 radical (unpaired) electrons. The molecule has 6 heteroatoms. The molecule has 0 aromatic heterocycles. The van der Waals surface area contributed by atoms with Crippen LogP contribution in [0.25, 0.3) is 0 Å². The number of rotatable bonds is 6. The Hall–Kier alpha value is -2.34.